The number of carbonyl (C=O) groups is 1. The summed E-state index contributed by atoms with van der Waals surface area (Å²) >= 11 is 0. The Morgan fingerprint density at radius 2 is 2.09 bits per heavy atom. The van der Waals surface area contributed by atoms with Crippen LogP contribution in [0.15, 0.2) is 0 Å². The first kappa shape index (κ1) is 20.2. The first-order valence-electron chi connectivity index (χ1n) is 8.01. The van der Waals surface area contributed by atoms with E-state index in [4.69, 9.17) is 9.47 Å². The van der Waals surface area contributed by atoms with Crippen molar-refractivity contribution in [1.29, 1.82) is 0 Å². The number of amides is 1. The van der Waals surface area contributed by atoms with E-state index < -0.39 is 33.7 Å². The Kier molecular flexibility index (Phi) is 7.29. The van der Waals surface area contributed by atoms with Crippen molar-refractivity contribution in [3.05, 3.63) is 0 Å². The predicted octanol–water partition coefficient (Wildman–Crippen LogP) is 1.20. The summed E-state index contributed by atoms with van der Waals surface area (Å²) in [5.41, 5.74) is -0.611. The number of hydrogen-bond acceptors (Lipinski definition) is 6. The highest BCUT2D eigenvalue weighted by atomic mass is 32.2. The number of aliphatic hydroxyl groups excluding tert-OH is 1. The topological polar surface area (TPSA) is 93.1 Å². The van der Waals surface area contributed by atoms with Crippen molar-refractivity contribution in [1.82, 2.24) is 4.90 Å². The highest BCUT2D eigenvalue weighted by Crippen LogP contribution is 2.19. The molecule has 0 bridgehead atoms. The monoisotopic (exact) mass is 351 g/mol. The summed E-state index contributed by atoms with van der Waals surface area (Å²) < 4.78 is 33.7. The molecule has 0 aromatic rings. The molecule has 1 amide bonds. The van der Waals surface area contributed by atoms with Gasteiger partial charge in [0.2, 0.25) is 0 Å². The minimum absolute atomic E-state index is 0.0422. The minimum atomic E-state index is -3.05. The number of ether oxygens (including phenoxy) is 2. The van der Waals surface area contributed by atoms with Gasteiger partial charge in [-0.05, 0) is 33.6 Å². The second-order valence-corrected chi connectivity index (χ2v) is 9.23. The van der Waals surface area contributed by atoms with Crippen molar-refractivity contribution in [2.45, 2.75) is 58.3 Å². The maximum atomic E-state index is 12.2. The highest BCUT2D eigenvalue weighted by molar-refractivity contribution is 7.91. The molecular weight excluding hydrogens is 322 g/mol. The van der Waals surface area contributed by atoms with E-state index in [0.717, 1.165) is 0 Å². The van der Waals surface area contributed by atoms with Gasteiger partial charge in [-0.1, -0.05) is 6.92 Å². The summed E-state index contributed by atoms with van der Waals surface area (Å²) in [6, 6.07) is -0.511. The average Bonchev–Trinajstić information content (AvgIpc) is 2.45. The number of morpholine rings is 1. The molecule has 1 fully saturated rings. The lowest BCUT2D eigenvalue weighted by atomic mass is 10.0. The number of hydrogen-bond donors (Lipinski definition) is 1. The SMILES string of the molecule is CCS(=O)(=O)CCCC(O)C1COCCN1C(=O)OC(C)(C)C. The molecule has 1 rings (SSSR count). The van der Waals surface area contributed by atoms with E-state index in [9.17, 15) is 18.3 Å². The zero-order valence-corrected chi connectivity index (χ0v) is 15.3. The normalized spacial score (nSPS) is 21.1. The van der Waals surface area contributed by atoms with Crippen LogP contribution in [0.5, 0.6) is 0 Å². The third-order valence-electron chi connectivity index (χ3n) is 3.63. The van der Waals surface area contributed by atoms with Crippen LogP contribution in [0.25, 0.3) is 0 Å². The molecule has 0 radical (unpaired) electrons. The maximum Gasteiger partial charge on any atom is 0.410 e. The number of aliphatic hydroxyl groups is 1. The number of carbonyl (C=O) groups excluding carboxylic acids is 1. The van der Waals surface area contributed by atoms with Crippen LogP contribution in [0.1, 0.15) is 40.5 Å². The van der Waals surface area contributed by atoms with E-state index in [1.807, 2.05) is 0 Å². The Morgan fingerprint density at radius 1 is 1.43 bits per heavy atom. The molecule has 1 heterocycles. The molecule has 136 valence electrons. The Bertz CT molecular complexity index is 485. The summed E-state index contributed by atoms with van der Waals surface area (Å²) in [6.45, 7) is 7.92. The second kappa shape index (κ2) is 8.30. The smallest absolute Gasteiger partial charge is 0.410 e. The molecule has 8 heteroatoms. The molecule has 1 saturated heterocycles. The molecule has 2 atom stereocenters. The largest absolute Gasteiger partial charge is 0.444 e. The van der Waals surface area contributed by atoms with Crippen LogP contribution < -0.4 is 0 Å². The Morgan fingerprint density at radius 3 is 2.65 bits per heavy atom. The second-order valence-electron chi connectivity index (χ2n) is 6.76. The molecular formula is C15H29NO6S. The lowest BCUT2D eigenvalue weighted by Gasteiger charge is -2.38. The van der Waals surface area contributed by atoms with Gasteiger partial charge in [0.1, 0.15) is 15.4 Å². The van der Waals surface area contributed by atoms with Crippen molar-refractivity contribution in [2.24, 2.45) is 0 Å². The maximum absolute atomic E-state index is 12.2. The van der Waals surface area contributed by atoms with Gasteiger partial charge >= 0.3 is 6.09 Å². The Labute approximate surface area is 138 Å². The van der Waals surface area contributed by atoms with Gasteiger partial charge in [-0.3, -0.25) is 4.90 Å². The van der Waals surface area contributed by atoms with Crippen LogP contribution in [0.3, 0.4) is 0 Å². The molecule has 0 aliphatic carbocycles. The van der Waals surface area contributed by atoms with Crippen molar-refractivity contribution in [3.63, 3.8) is 0 Å². The van der Waals surface area contributed by atoms with E-state index in [1.165, 1.54) is 4.90 Å². The first-order valence-corrected chi connectivity index (χ1v) is 9.83. The van der Waals surface area contributed by atoms with Gasteiger partial charge < -0.3 is 14.6 Å². The molecule has 0 aromatic carbocycles. The number of sulfone groups is 1. The average molecular weight is 351 g/mol. The minimum Gasteiger partial charge on any atom is -0.444 e. The lowest BCUT2D eigenvalue weighted by molar-refractivity contribution is -0.0677. The summed E-state index contributed by atoms with van der Waals surface area (Å²) in [4.78, 5) is 13.7. The molecule has 1 aliphatic rings. The molecule has 1 N–H and O–H groups in total. The Balaban J connectivity index is 2.61. The molecule has 7 nitrogen and oxygen atoms in total. The van der Waals surface area contributed by atoms with Gasteiger partial charge in [0.05, 0.1) is 31.1 Å². The van der Waals surface area contributed by atoms with Gasteiger partial charge in [0, 0.05) is 12.3 Å². The van der Waals surface area contributed by atoms with Gasteiger partial charge in [-0.25, -0.2) is 13.2 Å². The third kappa shape index (κ3) is 7.05. The zero-order chi connectivity index (χ0) is 17.7. The molecule has 0 aromatic heterocycles. The molecule has 23 heavy (non-hydrogen) atoms. The Hall–Kier alpha value is -0.860. The summed E-state index contributed by atoms with van der Waals surface area (Å²) in [5.74, 6) is 0.139. The molecule has 0 saturated carbocycles. The molecule has 2 unspecified atom stereocenters. The third-order valence-corrected chi connectivity index (χ3v) is 5.42. The summed E-state index contributed by atoms with van der Waals surface area (Å²) in [5, 5.41) is 10.3. The van der Waals surface area contributed by atoms with E-state index in [-0.39, 0.29) is 18.1 Å². The zero-order valence-electron chi connectivity index (χ0n) is 14.4. The van der Waals surface area contributed by atoms with Gasteiger partial charge in [-0.15, -0.1) is 0 Å². The first-order chi connectivity index (χ1) is 10.6. The van der Waals surface area contributed by atoms with Crippen molar-refractivity contribution in [3.8, 4) is 0 Å². The van der Waals surface area contributed by atoms with E-state index in [1.54, 1.807) is 27.7 Å². The standard InChI is InChI=1S/C15H29NO6S/c1-5-23(19,20)10-6-7-13(17)12-11-21-9-8-16(12)14(18)22-15(2,3)4/h12-13,17H,5-11H2,1-4H3. The van der Waals surface area contributed by atoms with Crippen molar-refractivity contribution in [2.75, 3.05) is 31.3 Å². The van der Waals surface area contributed by atoms with E-state index in [0.29, 0.717) is 26.0 Å². The van der Waals surface area contributed by atoms with Gasteiger partial charge in [-0.2, -0.15) is 0 Å². The van der Waals surface area contributed by atoms with Crippen LogP contribution in [-0.4, -0.2) is 73.5 Å². The quantitative estimate of drug-likeness (QED) is 0.773. The molecule has 1 aliphatic heterocycles. The van der Waals surface area contributed by atoms with Gasteiger partial charge in [0.15, 0.2) is 0 Å². The van der Waals surface area contributed by atoms with Crippen LogP contribution in [-0.2, 0) is 19.3 Å². The van der Waals surface area contributed by atoms with Crippen molar-refractivity contribution >= 4 is 15.9 Å². The fourth-order valence-corrected chi connectivity index (χ4v) is 3.23. The van der Waals surface area contributed by atoms with E-state index >= 15 is 0 Å². The molecule has 0 spiro atoms. The summed E-state index contributed by atoms with van der Waals surface area (Å²) in [6.07, 6.45) is -0.663. The fraction of sp³-hybridized carbons (Fsp3) is 0.933. The van der Waals surface area contributed by atoms with Crippen LogP contribution in [0.2, 0.25) is 0 Å². The number of nitrogens with zero attached hydrogens (tertiary/aromatic N) is 1. The lowest BCUT2D eigenvalue weighted by Crippen LogP contribution is -2.55. The van der Waals surface area contributed by atoms with Crippen LogP contribution in [0.4, 0.5) is 4.79 Å². The van der Waals surface area contributed by atoms with Crippen molar-refractivity contribution < 1.29 is 27.8 Å². The summed E-state index contributed by atoms with van der Waals surface area (Å²) in [7, 11) is -3.05. The van der Waals surface area contributed by atoms with Crippen LogP contribution >= 0.6 is 0 Å². The predicted molar refractivity (Wildman–Crippen MR) is 87.1 cm³/mol. The van der Waals surface area contributed by atoms with E-state index in [2.05, 4.69) is 0 Å². The highest BCUT2D eigenvalue weighted by Gasteiger charge is 2.35. The fourth-order valence-electron chi connectivity index (χ4n) is 2.34. The number of rotatable bonds is 6. The van der Waals surface area contributed by atoms with Crippen LogP contribution in [0, 0.1) is 0 Å². The van der Waals surface area contributed by atoms with Gasteiger partial charge in [0.25, 0.3) is 0 Å².